The molecular weight excluding hydrogens is 374 g/mol. The number of anilines is 1. The minimum atomic E-state index is -3.22. The highest BCUT2D eigenvalue weighted by atomic mass is 32.2. The molecule has 0 atom stereocenters. The van der Waals surface area contributed by atoms with Crippen molar-refractivity contribution in [2.45, 2.75) is 24.0 Å². The summed E-state index contributed by atoms with van der Waals surface area (Å²) in [5.41, 5.74) is 3.20. The zero-order valence-electron chi connectivity index (χ0n) is 16.0. The van der Waals surface area contributed by atoms with Crippen LogP contribution in [0.3, 0.4) is 0 Å². The van der Waals surface area contributed by atoms with Crippen LogP contribution in [-0.4, -0.2) is 59.9 Å². The molecule has 2 aliphatic rings. The number of nitrogens with zero attached hydrogens (tertiary/aromatic N) is 5. The van der Waals surface area contributed by atoms with Crippen LogP contribution in [0.4, 0.5) is 5.82 Å². The molecule has 2 fully saturated rings. The highest BCUT2D eigenvalue weighted by molar-refractivity contribution is 7.89. The van der Waals surface area contributed by atoms with Crippen molar-refractivity contribution in [3.8, 4) is 5.69 Å². The van der Waals surface area contributed by atoms with Crippen molar-refractivity contribution < 1.29 is 8.42 Å². The summed E-state index contributed by atoms with van der Waals surface area (Å²) in [4.78, 5) is 6.64. The molecule has 28 heavy (non-hydrogen) atoms. The average Bonchev–Trinajstić information content (AvgIpc) is 3.40. The van der Waals surface area contributed by atoms with Crippen molar-refractivity contribution in [1.82, 2.24) is 19.1 Å². The Labute approximate surface area is 164 Å². The monoisotopic (exact) mass is 397 g/mol. The number of pyridine rings is 1. The Kier molecular flexibility index (Phi) is 3.96. The first kappa shape index (κ1) is 17.6. The molecule has 1 saturated carbocycles. The number of fused-ring (bicyclic) bond motifs is 1. The van der Waals surface area contributed by atoms with Crippen LogP contribution in [-0.2, 0) is 10.0 Å². The molecule has 8 heteroatoms. The number of benzene rings is 1. The predicted octanol–water partition coefficient (Wildman–Crippen LogP) is 2.38. The number of hydrogen-bond acceptors (Lipinski definition) is 5. The van der Waals surface area contributed by atoms with Crippen molar-refractivity contribution >= 4 is 26.7 Å². The van der Waals surface area contributed by atoms with Gasteiger partial charge >= 0.3 is 0 Å². The fraction of sp³-hybridized carbons (Fsp3) is 0.400. The summed E-state index contributed by atoms with van der Waals surface area (Å²) in [5, 5.41) is 5.58. The zero-order chi connectivity index (χ0) is 19.5. The molecule has 3 aromatic rings. The van der Waals surface area contributed by atoms with Crippen LogP contribution in [0.2, 0.25) is 0 Å². The average molecular weight is 398 g/mol. The van der Waals surface area contributed by atoms with Gasteiger partial charge in [-0.05, 0) is 25.0 Å². The Morgan fingerprint density at radius 3 is 2.46 bits per heavy atom. The Hall–Kier alpha value is -2.45. The van der Waals surface area contributed by atoms with E-state index in [-0.39, 0.29) is 5.25 Å². The Bertz CT molecular complexity index is 1130. The van der Waals surface area contributed by atoms with Gasteiger partial charge in [0.1, 0.15) is 11.1 Å². The molecule has 1 aromatic carbocycles. The van der Waals surface area contributed by atoms with Crippen molar-refractivity contribution in [2.24, 2.45) is 0 Å². The third-order valence-electron chi connectivity index (χ3n) is 5.65. The van der Waals surface area contributed by atoms with E-state index in [2.05, 4.69) is 17.1 Å². The Balaban J connectivity index is 1.48. The second kappa shape index (κ2) is 6.28. The largest absolute Gasteiger partial charge is 0.354 e. The summed E-state index contributed by atoms with van der Waals surface area (Å²) in [6, 6.07) is 12.2. The molecule has 0 amide bonds. The topological polar surface area (TPSA) is 71.3 Å². The molecule has 146 valence electrons. The normalized spacial score (nSPS) is 18.0. The minimum absolute atomic E-state index is 0.371. The maximum absolute atomic E-state index is 12.3. The lowest BCUT2D eigenvalue weighted by molar-refractivity contribution is 0.479. The fourth-order valence-corrected chi connectivity index (χ4v) is 5.12. The van der Waals surface area contributed by atoms with Crippen molar-refractivity contribution in [2.75, 3.05) is 32.1 Å². The summed E-state index contributed by atoms with van der Waals surface area (Å²) in [5.74, 6) is 1.33. The Morgan fingerprint density at radius 1 is 1.11 bits per heavy atom. The second-order valence-electron chi connectivity index (χ2n) is 7.82. The molecule has 0 bridgehead atoms. The van der Waals surface area contributed by atoms with Gasteiger partial charge < -0.3 is 4.90 Å². The van der Waals surface area contributed by atoms with E-state index in [1.807, 2.05) is 40.0 Å². The lowest BCUT2D eigenvalue weighted by Crippen LogP contribution is -2.57. The van der Waals surface area contributed by atoms with Gasteiger partial charge in [-0.15, -0.1) is 0 Å². The van der Waals surface area contributed by atoms with Crippen molar-refractivity contribution in [3.05, 3.63) is 48.3 Å². The molecule has 0 unspecified atom stereocenters. The van der Waals surface area contributed by atoms with Crippen LogP contribution in [0.5, 0.6) is 0 Å². The van der Waals surface area contributed by atoms with E-state index in [0.29, 0.717) is 19.0 Å². The van der Waals surface area contributed by atoms with Gasteiger partial charge in [-0.3, -0.25) is 0 Å². The van der Waals surface area contributed by atoms with Crippen molar-refractivity contribution in [3.63, 3.8) is 0 Å². The summed E-state index contributed by atoms with van der Waals surface area (Å²) < 4.78 is 27.8. The summed E-state index contributed by atoms with van der Waals surface area (Å²) in [6.45, 7) is 0.932. The molecule has 3 heterocycles. The number of sulfonamides is 1. The van der Waals surface area contributed by atoms with Crippen LogP contribution >= 0.6 is 0 Å². The maximum Gasteiger partial charge on any atom is 0.219 e. The third kappa shape index (κ3) is 2.79. The summed E-state index contributed by atoms with van der Waals surface area (Å²) >= 11 is 0. The van der Waals surface area contributed by atoms with Gasteiger partial charge in [0.25, 0.3) is 0 Å². The lowest BCUT2D eigenvalue weighted by Gasteiger charge is -2.40. The molecule has 1 saturated heterocycles. The van der Waals surface area contributed by atoms with Gasteiger partial charge in [0.2, 0.25) is 10.0 Å². The first-order valence-electron chi connectivity index (χ1n) is 9.55. The van der Waals surface area contributed by atoms with Crippen molar-refractivity contribution in [1.29, 1.82) is 0 Å². The quantitative estimate of drug-likeness (QED) is 0.661. The second-order valence-corrected chi connectivity index (χ2v) is 10.2. The number of aromatic nitrogens is 3. The molecule has 7 nitrogen and oxygen atoms in total. The van der Waals surface area contributed by atoms with Gasteiger partial charge in [0.05, 0.1) is 16.9 Å². The molecule has 1 aliphatic heterocycles. The minimum Gasteiger partial charge on any atom is -0.354 e. The SMILES string of the molecule is CN(C)S(=O)(=O)C1CN(c2cc3nn(-c4ccccc4)c(C4CC4)c3cn2)C1. The van der Waals surface area contributed by atoms with E-state index in [4.69, 9.17) is 5.10 Å². The number of rotatable bonds is 5. The van der Waals surface area contributed by atoms with E-state index in [1.165, 1.54) is 22.8 Å². The van der Waals surface area contributed by atoms with Crippen LogP contribution in [0.15, 0.2) is 42.6 Å². The maximum atomic E-state index is 12.3. The smallest absolute Gasteiger partial charge is 0.219 e. The highest BCUT2D eigenvalue weighted by Crippen LogP contribution is 2.44. The number of para-hydroxylation sites is 1. The molecule has 2 aromatic heterocycles. The summed E-state index contributed by atoms with van der Waals surface area (Å²) in [6.07, 6.45) is 4.27. The van der Waals surface area contributed by atoms with Gasteiger partial charge in [0, 0.05) is 50.8 Å². The fourth-order valence-electron chi connectivity index (χ4n) is 3.79. The molecule has 0 spiro atoms. The molecular formula is C20H23N5O2S. The molecule has 0 radical (unpaired) electrons. The lowest BCUT2D eigenvalue weighted by atomic mass is 10.1. The van der Waals surface area contributed by atoms with Gasteiger partial charge in [0.15, 0.2) is 0 Å². The zero-order valence-corrected chi connectivity index (χ0v) is 16.8. The standard InChI is InChI=1S/C20H23N5O2S/c1-23(2)28(26,27)16-12-24(13-16)19-10-18-17(11-21-19)20(14-8-9-14)25(22-18)15-6-4-3-5-7-15/h3-7,10-11,14,16H,8-9,12-13H2,1-2H3. The van der Waals surface area contributed by atoms with Gasteiger partial charge in [-0.25, -0.2) is 22.4 Å². The van der Waals surface area contributed by atoms with E-state index < -0.39 is 10.0 Å². The van der Waals surface area contributed by atoms with E-state index in [1.54, 1.807) is 14.1 Å². The van der Waals surface area contributed by atoms with E-state index >= 15 is 0 Å². The van der Waals surface area contributed by atoms with Crippen LogP contribution in [0, 0.1) is 0 Å². The van der Waals surface area contributed by atoms with Gasteiger partial charge in [-0.1, -0.05) is 18.2 Å². The van der Waals surface area contributed by atoms with Crippen LogP contribution in [0.1, 0.15) is 24.5 Å². The first-order chi connectivity index (χ1) is 13.4. The summed E-state index contributed by atoms with van der Waals surface area (Å²) in [7, 11) is -0.0585. The highest BCUT2D eigenvalue weighted by Gasteiger charge is 2.39. The first-order valence-corrected chi connectivity index (χ1v) is 11.1. The van der Waals surface area contributed by atoms with Gasteiger partial charge in [-0.2, -0.15) is 5.10 Å². The van der Waals surface area contributed by atoms with E-state index in [9.17, 15) is 8.42 Å². The third-order valence-corrected chi connectivity index (χ3v) is 7.81. The predicted molar refractivity (Wildman–Crippen MR) is 109 cm³/mol. The van der Waals surface area contributed by atoms with E-state index in [0.717, 1.165) is 22.4 Å². The molecule has 0 N–H and O–H groups in total. The molecule has 5 rings (SSSR count). The Morgan fingerprint density at radius 2 is 1.82 bits per heavy atom. The van der Waals surface area contributed by atoms with Crippen LogP contribution < -0.4 is 4.90 Å². The molecule has 1 aliphatic carbocycles. The number of hydrogen-bond donors (Lipinski definition) is 0. The van der Waals surface area contributed by atoms with Crippen LogP contribution in [0.25, 0.3) is 16.6 Å².